The third-order valence-electron chi connectivity index (χ3n) is 3.06. The largest absolute Gasteiger partial charge is 0.481 e. The van der Waals surface area contributed by atoms with Crippen LogP contribution in [0.3, 0.4) is 0 Å². The van der Waals surface area contributed by atoms with Gasteiger partial charge in [0.1, 0.15) is 0 Å². The molecule has 0 amide bonds. The maximum Gasteiger partial charge on any atom is 0.309 e. The first-order chi connectivity index (χ1) is 9.15. The normalized spacial score (nSPS) is 12.7. The lowest BCUT2D eigenvalue weighted by molar-refractivity contribution is -0.136. The number of carboxylic acids is 1. The van der Waals surface area contributed by atoms with Gasteiger partial charge in [-0.1, -0.05) is 6.07 Å². The van der Waals surface area contributed by atoms with Gasteiger partial charge in [0.2, 0.25) is 6.79 Å². The molecule has 0 aliphatic carbocycles. The van der Waals surface area contributed by atoms with Crippen molar-refractivity contribution < 1.29 is 19.4 Å². The molecule has 1 aromatic carbocycles. The van der Waals surface area contributed by atoms with Gasteiger partial charge in [-0.3, -0.25) is 9.48 Å². The minimum Gasteiger partial charge on any atom is -0.481 e. The average Bonchev–Trinajstić information content (AvgIpc) is 2.96. The Hall–Kier alpha value is -2.50. The number of benzene rings is 1. The van der Waals surface area contributed by atoms with Crippen molar-refractivity contribution >= 4 is 5.97 Å². The summed E-state index contributed by atoms with van der Waals surface area (Å²) in [7, 11) is 1.73. The Morgan fingerprint density at radius 2 is 2.21 bits per heavy atom. The van der Waals surface area contributed by atoms with Crippen molar-refractivity contribution in [2.45, 2.75) is 6.42 Å². The number of aliphatic carboxylic acids is 1. The quantitative estimate of drug-likeness (QED) is 0.904. The van der Waals surface area contributed by atoms with Crippen LogP contribution in [0.1, 0.15) is 5.69 Å². The zero-order valence-electron chi connectivity index (χ0n) is 10.3. The van der Waals surface area contributed by atoms with Crippen molar-refractivity contribution in [1.29, 1.82) is 0 Å². The van der Waals surface area contributed by atoms with Gasteiger partial charge in [0.05, 0.1) is 18.3 Å². The summed E-state index contributed by atoms with van der Waals surface area (Å²) in [6, 6.07) is 5.52. The summed E-state index contributed by atoms with van der Waals surface area (Å²) >= 11 is 0. The second kappa shape index (κ2) is 4.31. The molecule has 2 aromatic rings. The predicted molar refractivity (Wildman–Crippen MR) is 66.1 cm³/mol. The molecule has 1 aliphatic rings. The summed E-state index contributed by atoms with van der Waals surface area (Å²) in [5, 5.41) is 13.1. The molecule has 3 rings (SSSR count). The van der Waals surface area contributed by atoms with Gasteiger partial charge in [-0.15, -0.1) is 0 Å². The van der Waals surface area contributed by atoms with Crippen LogP contribution in [-0.4, -0.2) is 27.6 Å². The number of carbonyl (C=O) groups is 1. The summed E-state index contributed by atoms with van der Waals surface area (Å²) in [4.78, 5) is 10.9. The topological polar surface area (TPSA) is 73.6 Å². The van der Waals surface area contributed by atoms with Gasteiger partial charge < -0.3 is 14.6 Å². The minimum absolute atomic E-state index is 0.0692. The summed E-state index contributed by atoms with van der Waals surface area (Å²) < 4.78 is 12.2. The highest BCUT2D eigenvalue weighted by Gasteiger charge is 2.18. The van der Waals surface area contributed by atoms with Crippen LogP contribution in [-0.2, 0) is 18.3 Å². The lowest BCUT2D eigenvalue weighted by atomic mass is 10.0. The van der Waals surface area contributed by atoms with Gasteiger partial charge in [0.25, 0.3) is 0 Å². The molecule has 0 saturated carbocycles. The first-order valence-electron chi connectivity index (χ1n) is 5.78. The Bertz CT molecular complexity index is 648. The number of aromatic nitrogens is 2. The first-order valence-corrected chi connectivity index (χ1v) is 5.78. The molecule has 0 unspecified atom stereocenters. The number of fused-ring (bicyclic) bond motifs is 1. The number of hydrogen-bond acceptors (Lipinski definition) is 4. The third kappa shape index (κ3) is 2.01. The van der Waals surface area contributed by atoms with E-state index in [0.717, 1.165) is 11.1 Å². The average molecular weight is 260 g/mol. The zero-order valence-corrected chi connectivity index (χ0v) is 10.3. The van der Waals surface area contributed by atoms with Crippen LogP contribution in [0.25, 0.3) is 11.1 Å². The standard InChI is InChI=1S/C13H12N2O4/c1-15-10(5-13(16)17)9(6-14-15)8-2-3-11-12(4-8)19-7-18-11/h2-4,6H,5,7H2,1H3,(H,16,17). The van der Waals surface area contributed by atoms with E-state index < -0.39 is 5.97 Å². The molecule has 6 heteroatoms. The van der Waals surface area contributed by atoms with Crippen LogP contribution in [0.4, 0.5) is 0 Å². The van der Waals surface area contributed by atoms with Crippen molar-refractivity contribution in [2.24, 2.45) is 7.05 Å². The zero-order chi connectivity index (χ0) is 13.4. The van der Waals surface area contributed by atoms with E-state index in [0.29, 0.717) is 17.2 Å². The number of hydrogen-bond donors (Lipinski definition) is 1. The highest BCUT2D eigenvalue weighted by Crippen LogP contribution is 2.36. The van der Waals surface area contributed by atoms with Gasteiger partial charge in [0, 0.05) is 12.6 Å². The van der Waals surface area contributed by atoms with E-state index in [1.165, 1.54) is 0 Å². The molecule has 0 radical (unpaired) electrons. The Balaban J connectivity index is 2.04. The molecule has 1 aliphatic heterocycles. The lowest BCUT2D eigenvalue weighted by Gasteiger charge is -2.05. The van der Waals surface area contributed by atoms with Crippen LogP contribution < -0.4 is 9.47 Å². The van der Waals surface area contributed by atoms with Crippen molar-refractivity contribution in [1.82, 2.24) is 9.78 Å². The summed E-state index contributed by atoms with van der Waals surface area (Å²) in [5.74, 6) is 0.487. The molecule has 0 saturated heterocycles. The molecule has 1 N–H and O–H groups in total. The second-order valence-electron chi connectivity index (χ2n) is 4.27. The predicted octanol–water partition coefficient (Wildman–Crippen LogP) is 1.44. The Kier molecular flexibility index (Phi) is 2.63. The minimum atomic E-state index is -0.884. The molecule has 0 atom stereocenters. The molecular formula is C13H12N2O4. The van der Waals surface area contributed by atoms with E-state index in [4.69, 9.17) is 14.6 Å². The van der Waals surface area contributed by atoms with Crippen LogP contribution in [0, 0.1) is 0 Å². The second-order valence-corrected chi connectivity index (χ2v) is 4.27. The van der Waals surface area contributed by atoms with Crippen LogP contribution in [0.2, 0.25) is 0 Å². The molecule has 1 aromatic heterocycles. The van der Waals surface area contributed by atoms with E-state index in [1.54, 1.807) is 17.9 Å². The third-order valence-corrected chi connectivity index (χ3v) is 3.06. The SMILES string of the molecule is Cn1ncc(-c2ccc3c(c2)OCO3)c1CC(=O)O. The molecule has 0 fully saturated rings. The van der Waals surface area contributed by atoms with Gasteiger partial charge in [-0.25, -0.2) is 0 Å². The van der Waals surface area contributed by atoms with Gasteiger partial charge in [-0.05, 0) is 17.7 Å². The van der Waals surface area contributed by atoms with E-state index in [9.17, 15) is 4.79 Å². The van der Waals surface area contributed by atoms with Crippen molar-refractivity contribution in [2.75, 3.05) is 6.79 Å². The Labute approximate surface area is 109 Å². The number of aryl methyl sites for hydroxylation is 1. The molecular weight excluding hydrogens is 248 g/mol. The first kappa shape index (κ1) is 11.6. The highest BCUT2D eigenvalue weighted by molar-refractivity contribution is 5.76. The fraction of sp³-hybridized carbons (Fsp3) is 0.231. The summed E-state index contributed by atoms with van der Waals surface area (Å²) in [5.41, 5.74) is 2.32. The van der Waals surface area contributed by atoms with Crippen LogP contribution in [0.15, 0.2) is 24.4 Å². The highest BCUT2D eigenvalue weighted by atomic mass is 16.7. The number of nitrogens with zero attached hydrogens (tertiary/aromatic N) is 2. The van der Waals surface area contributed by atoms with Gasteiger partial charge in [0.15, 0.2) is 11.5 Å². The van der Waals surface area contributed by atoms with Crippen molar-refractivity contribution in [3.05, 3.63) is 30.1 Å². The smallest absolute Gasteiger partial charge is 0.309 e. The maximum atomic E-state index is 10.9. The summed E-state index contributed by atoms with van der Waals surface area (Å²) in [6.45, 7) is 0.216. The van der Waals surface area contributed by atoms with E-state index in [-0.39, 0.29) is 13.2 Å². The number of carboxylic acid groups (broad SMARTS) is 1. The van der Waals surface area contributed by atoms with Crippen LogP contribution in [0.5, 0.6) is 11.5 Å². The molecule has 98 valence electrons. The molecule has 2 heterocycles. The summed E-state index contributed by atoms with van der Waals surface area (Å²) in [6.07, 6.45) is 1.59. The number of rotatable bonds is 3. The lowest BCUT2D eigenvalue weighted by Crippen LogP contribution is -2.07. The number of ether oxygens (including phenoxy) is 2. The van der Waals surface area contributed by atoms with Gasteiger partial charge in [-0.2, -0.15) is 5.10 Å². The molecule has 0 bridgehead atoms. The molecule has 19 heavy (non-hydrogen) atoms. The fourth-order valence-corrected chi connectivity index (χ4v) is 2.12. The van der Waals surface area contributed by atoms with Gasteiger partial charge >= 0.3 is 5.97 Å². The van der Waals surface area contributed by atoms with Crippen molar-refractivity contribution in [3.63, 3.8) is 0 Å². The monoisotopic (exact) mass is 260 g/mol. The van der Waals surface area contributed by atoms with Crippen molar-refractivity contribution in [3.8, 4) is 22.6 Å². The molecule has 6 nitrogen and oxygen atoms in total. The van der Waals surface area contributed by atoms with E-state index in [2.05, 4.69) is 5.10 Å². The van der Waals surface area contributed by atoms with E-state index >= 15 is 0 Å². The molecule has 0 spiro atoms. The van der Waals surface area contributed by atoms with Crippen LogP contribution >= 0.6 is 0 Å². The fourth-order valence-electron chi connectivity index (χ4n) is 2.12. The Morgan fingerprint density at radius 3 is 3.00 bits per heavy atom. The van der Waals surface area contributed by atoms with E-state index in [1.807, 2.05) is 18.2 Å². The maximum absolute atomic E-state index is 10.9. The Morgan fingerprint density at radius 1 is 1.42 bits per heavy atom.